The second-order valence-electron chi connectivity index (χ2n) is 4.49. The summed E-state index contributed by atoms with van der Waals surface area (Å²) in [5, 5.41) is 0. The Morgan fingerprint density at radius 1 is 0.700 bits per heavy atom. The lowest BCUT2D eigenvalue weighted by Crippen LogP contribution is -2.02. The van der Waals surface area contributed by atoms with Gasteiger partial charge in [-0.2, -0.15) is 0 Å². The molecule has 2 rings (SSSR count). The van der Waals surface area contributed by atoms with E-state index >= 15 is 0 Å². The van der Waals surface area contributed by atoms with Gasteiger partial charge in [0.1, 0.15) is 11.5 Å². The number of alkyl halides is 1. The van der Waals surface area contributed by atoms with Gasteiger partial charge in [0.15, 0.2) is 0 Å². The molecule has 2 nitrogen and oxygen atoms in total. The maximum atomic E-state index is 5.74. The molecule has 0 unspecified atom stereocenters. The van der Waals surface area contributed by atoms with Crippen molar-refractivity contribution < 1.29 is 9.47 Å². The van der Waals surface area contributed by atoms with Crippen molar-refractivity contribution in [2.75, 3.05) is 13.2 Å². The highest BCUT2D eigenvalue weighted by molar-refractivity contribution is 6.17. The zero-order chi connectivity index (χ0) is 14.0. The topological polar surface area (TPSA) is 18.5 Å². The highest BCUT2D eigenvalue weighted by Gasteiger charge is 1.96. The molecule has 0 atom stereocenters. The minimum atomic E-state index is 0.539. The van der Waals surface area contributed by atoms with Crippen LogP contribution in [0, 0.1) is 0 Å². The van der Waals surface area contributed by atoms with Crippen molar-refractivity contribution in [2.24, 2.45) is 0 Å². The molecule has 2 aromatic carbocycles. The summed E-state index contributed by atoms with van der Waals surface area (Å²) in [6, 6.07) is 17.8. The number of benzene rings is 2. The number of rotatable bonds is 8. The molecule has 0 saturated carbocycles. The smallest absolute Gasteiger partial charge is 0.119 e. The van der Waals surface area contributed by atoms with Crippen molar-refractivity contribution in [3.63, 3.8) is 0 Å². The van der Waals surface area contributed by atoms with Gasteiger partial charge in [0, 0.05) is 5.88 Å². The molecule has 0 heterocycles. The summed E-state index contributed by atoms with van der Waals surface area (Å²) < 4.78 is 11.3. The highest BCUT2D eigenvalue weighted by Crippen LogP contribution is 2.14. The third kappa shape index (κ3) is 5.14. The molecule has 0 fully saturated rings. The van der Waals surface area contributed by atoms with E-state index in [0.717, 1.165) is 36.5 Å². The molecule has 106 valence electrons. The Hall–Kier alpha value is -1.67. The van der Waals surface area contributed by atoms with E-state index in [1.54, 1.807) is 0 Å². The van der Waals surface area contributed by atoms with Crippen LogP contribution in [0.5, 0.6) is 11.5 Å². The normalized spacial score (nSPS) is 10.2. The molecule has 20 heavy (non-hydrogen) atoms. The lowest BCUT2D eigenvalue weighted by molar-refractivity contribution is 0.266. The van der Waals surface area contributed by atoms with Gasteiger partial charge >= 0.3 is 0 Å². The lowest BCUT2D eigenvalue weighted by atomic mass is 10.2. The van der Waals surface area contributed by atoms with E-state index in [4.69, 9.17) is 21.1 Å². The van der Waals surface area contributed by atoms with Gasteiger partial charge in [0.05, 0.1) is 13.2 Å². The molecule has 0 aliphatic rings. The Kier molecular flexibility index (Phi) is 6.25. The van der Waals surface area contributed by atoms with Crippen molar-refractivity contribution in [1.29, 1.82) is 0 Å². The average Bonchev–Trinajstić information content (AvgIpc) is 2.52. The van der Waals surface area contributed by atoms with Crippen LogP contribution in [-0.2, 0) is 5.88 Å². The molecule has 3 heteroatoms. The summed E-state index contributed by atoms with van der Waals surface area (Å²) >= 11 is 5.74. The zero-order valence-corrected chi connectivity index (χ0v) is 12.2. The first-order valence-electron chi connectivity index (χ1n) is 6.84. The van der Waals surface area contributed by atoms with Crippen LogP contribution in [0.15, 0.2) is 54.6 Å². The van der Waals surface area contributed by atoms with E-state index in [2.05, 4.69) is 0 Å². The van der Waals surface area contributed by atoms with Crippen molar-refractivity contribution in [3.05, 3.63) is 60.2 Å². The first-order chi connectivity index (χ1) is 9.88. The van der Waals surface area contributed by atoms with Gasteiger partial charge in [-0.1, -0.05) is 30.3 Å². The maximum absolute atomic E-state index is 5.74. The fourth-order valence-electron chi connectivity index (χ4n) is 1.78. The monoisotopic (exact) mass is 290 g/mol. The molecule has 0 radical (unpaired) electrons. The fraction of sp³-hybridized carbons (Fsp3) is 0.294. The summed E-state index contributed by atoms with van der Waals surface area (Å²) in [6.45, 7) is 1.43. The van der Waals surface area contributed by atoms with Crippen LogP contribution in [0.25, 0.3) is 0 Å². The van der Waals surface area contributed by atoms with Crippen molar-refractivity contribution in [1.82, 2.24) is 0 Å². The molecular weight excluding hydrogens is 272 g/mol. The Labute approximate surface area is 125 Å². The van der Waals surface area contributed by atoms with E-state index in [1.807, 2.05) is 54.6 Å². The van der Waals surface area contributed by atoms with Crippen LogP contribution in [0.3, 0.4) is 0 Å². The van der Waals surface area contributed by atoms with Gasteiger partial charge in [-0.3, -0.25) is 0 Å². The largest absolute Gasteiger partial charge is 0.494 e. The standard InChI is InChI=1S/C17H19ClO2/c18-14-15-8-10-17(11-9-15)20-13-5-4-12-19-16-6-2-1-3-7-16/h1-3,6-11H,4-5,12-14H2. The first-order valence-corrected chi connectivity index (χ1v) is 7.37. The van der Waals surface area contributed by atoms with Crippen molar-refractivity contribution in [2.45, 2.75) is 18.7 Å². The van der Waals surface area contributed by atoms with E-state index < -0.39 is 0 Å². The molecule has 0 aromatic heterocycles. The summed E-state index contributed by atoms with van der Waals surface area (Å²) in [5.41, 5.74) is 1.11. The predicted molar refractivity (Wildman–Crippen MR) is 82.7 cm³/mol. The van der Waals surface area contributed by atoms with Crippen LogP contribution in [0.1, 0.15) is 18.4 Å². The van der Waals surface area contributed by atoms with E-state index in [9.17, 15) is 0 Å². The van der Waals surface area contributed by atoms with Crippen molar-refractivity contribution >= 4 is 11.6 Å². The minimum Gasteiger partial charge on any atom is -0.494 e. The van der Waals surface area contributed by atoms with Gasteiger partial charge in [-0.05, 0) is 42.7 Å². The number of hydrogen-bond donors (Lipinski definition) is 0. The maximum Gasteiger partial charge on any atom is 0.119 e. The summed E-state index contributed by atoms with van der Waals surface area (Å²) in [6.07, 6.45) is 1.96. The Bertz CT molecular complexity index is 482. The van der Waals surface area contributed by atoms with E-state index in [0.29, 0.717) is 12.5 Å². The molecule has 2 aromatic rings. The number of para-hydroxylation sites is 1. The van der Waals surface area contributed by atoms with Crippen LogP contribution < -0.4 is 9.47 Å². The summed E-state index contributed by atoms with van der Waals surface area (Å²) in [7, 11) is 0. The lowest BCUT2D eigenvalue weighted by Gasteiger charge is -2.08. The van der Waals surface area contributed by atoms with Crippen LogP contribution >= 0.6 is 11.6 Å². The molecule has 0 aliphatic heterocycles. The van der Waals surface area contributed by atoms with Gasteiger partial charge in [0.25, 0.3) is 0 Å². The number of ether oxygens (including phenoxy) is 2. The molecule has 0 spiro atoms. The summed E-state index contributed by atoms with van der Waals surface area (Å²) in [4.78, 5) is 0. The summed E-state index contributed by atoms with van der Waals surface area (Å²) in [5.74, 6) is 2.35. The predicted octanol–water partition coefficient (Wildman–Crippen LogP) is 4.66. The molecule has 0 bridgehead atoms. The highest BCUT2D eigenvalue weighted by atomic mass is 35.5. The Morgan fingerprint density at radius 2 is 1.25 bits per heavy atom. The first kappa shape index (κ1) is 14.7. The fourth-order valence-corrected chi connectivity index (χ4v) is 1.95. The second-order valence-corrected chi connectivity index (χ2v) is 4.76. The molecule has 0 aliphatic carbocycles. The number of halogens is 1. The third-order valence-corrected chi connectivity index (χ3v) is 3.21. The molecule has 0 N–H and O–H groups in total. The average molecular weight is 291 g/mol. The van der Waals surface area contributed by atoms with Gasteiger partial charge in [-0.15, -0.1) is 11.6 Å². The van der Waals surface area contributed by atoms with Gasteiger partial charge < -0.3 is 9.47 Å². The van der Waals surface area contributed by atoms with Gasteiger partial charge in [0.2, 0.25) is 0 Å². The number of hydrogen-bond acceptors (Lipinski definition) is 2. The second kappa shape index (κ2) is 8.49. The third-order valence-electron chi connectivity index (χ3n) is 2.90. The Morgan fingerprint density at radius 3 is 1.80 bits per heavy atom. The SMILES string of the molecule is ClCc1ccc(OCCCCOc2ccccc2)cc1. The van der Waals surface area contributed by atoms with Gasteiger partial charge in [-0.25, -0.2) is 0 Å². The van der Waals surface area contributed by atoms with Crippen LogP contribution in [-0.4, -0.2) is 13.2 Å². The minimum absolute atomic E-state index is 0.539. The van der Waals surface area contributed by atoms with E-state index in [-0.39, 0.29) is 0 Å². The number of unbranched alkanes of at least 4 members (excludes halogenated alkanes) is 1. The quantitative estimate of drug-likeness (QED) is 0.520. The molecule has 0 saturated heterocycles. The zero-order valence-electron chi connectivity index (χ0n) is 11.4. The van der Waals surface area contributed by atoms with Crippen molar-refractivity contribution in [3.8, 4) is 11.5 Å². The Balaban J connectivity index is 1.57. The molecule has 0 amide bonds. The van der Waals surface area contributed by atoms with Crippen LogP contribution in [0.4, 0.5) is 0 Å². The van der Waals surface area contributed by atoms with E-state index in [1.165, 1.54) is 0 Å². The van der Waals surface area contributed by atoms with Crippen LogP contribution in [0.2, 0.25) is 0 Å². The molecular formula is C17H19ClO2.